The number of hydrogen-bond donors (Lipinski definition) is 3. The second-order valence-electron chi connectivity index (χ2n) is 5.23. The first-order valence-electron chi connectivity index (χ1n) is 7.57. The lowest BCUT2D eigenvalue weighted by Gasteiger charge is -2.12. The van der Waals surface area contributed by atoms with Gasteiger partial charge in [-0.2, -0.15) is 0 Å². The van der Waals surface area contributed by atoms with Crippen LogP contribution in [0.15, 0.2) is 18.2 Å². The molecule has 8 heteroatoms. The van der Waals surface area contributed by atoms with Gasteiger partial charge in [-0.15, -0.1) is 11.3 Å². The summed E-state index contributed by atoms with van der Waals surface area (Å²) in [6, 6.07) is 5.06. The van der Waals surface area contributed by atoms with E-state index >= 15 is 0 Å². The zero-order valence-electron chi connectivity index (χ0n) is 14.1. The van der Waals surface area contributed by atoms with Gasteiger partial charge in [0.1, 0.15) is 10.6 Å². The molecule has 2 aromatic rings. The van der Waals surface area contributed by atoms with Crippen molar-refractivity contribution in [3.05, 3.63) is 23.1 Å². The molecule has 0 fully saturated rings. The summed E-state index contributed by atoms with van der Waals surface area (Å²) in [4.78, 5) is 24.2. The second-order valence-corrected chi connectivity index (χ2v) is 6.28. The fourth-order valence-electron chi connectivity index (χ4n) is 2.06. The summed E-state index contributed by atoms with van der Waals surface area (Å²) in [5.74, 6) is 0.734. The van der Waals surface area contributed by atoms with Crippen LogP contribution in [-0.2, 0) is 0 Å². The van der Waals surface area contributed by atoms with Gasteiger partial charge in [-0.25, -0.2) is 10.2 Å². The van der Waals surface area contributed by atoms with Crippen LogP contribution in [0.4, 0.5) is 4.79 Å². The molecular formula is C16H21N3O4S. The van der Waals surface area contributed by atoms with Gasteiger partial charge in [-0.3, -0.25) is 10.2 Å². The van der Waals surface area contributed by atoms with Crippen LogP contribution in [0.3, 0.4) is 0 Å². The van der Waals surface area contributed by atoms with Gasteiger partial charge in [0.05, 0.1) is 13.2 Å². The number of fused-ring (bicyclic) bond motifs is 1. The highest BCUT2D eigenvalue weighted by atomic mass is 32.1. The number of carbonyl (C=O) groups excluding carboxylic acids is 2. The van der Waals surface area contributed by atoms with E-state index in [0.717, 1.165) is 10.1 Å². The van der Waals surface area contributed by atoms with Gasteiger partial charge in [0.25, 0.3) is 5.91 Å². The van der Waals surface area contributed by atoms with Gasteiger partial charge in [-0.05, 0) is 39.0 Å². The highest BCUT2D eigenvalue weighted by Gasteiger charge is 2.21. The smallest absolute Gasteiger partial charge is 0.333 e. The van der Waals surface area contributed by atoms with Gasteiger partial charge < -0.3 is 14.8 Å². The van der Waals surface area contributed by atoms with Crippen molar-refractivity contribution in [2.75, 3.05) is 13.7 Å². The van der Waals surface area contributed by atoms with Crippen molar-refractivity contribution < 1.29 is 19.1 Å². The topological polar surface area (TPSA) is 88.7 Å². The van der Waals surface area contributed by atoms with E-state index in [9.17, 15) is 9.59 Å². The molecule has 130 valence electrons. The number of methoxy groups -OCH3 is 1. The Morgan fingerprint density at radius 2 is 2.00 bits per heavy atom. The summed E-state index contributed by atoms with van der Waals surface area (Å²) in [6.07, 6.45) is -0.100. The zero-order valence-corrected chi connectivity index (χ0v) is 14.9. The average molecular weight is 351 g/mol. The van der Waals surface area contributed by atoms with Crippen LogP contribution < -0.4 is 25.6 Å². The Labute approximate surface area is 144 Å². The number of hydrogen-bond acceptors (Lipinski definition) is 5. The van der Waals surface area contributed by atoms with Crippen LogP contribution in [0.25, 0.3) is 10.1 Å². The van der Waals surface area contributed by atoms with Crippen LogP contribution in [0.5, 0.6) is 11.5 Å². The van der Waals surface area contributed by atoms with Crippen molar-refractivity contribution >= 4 is 33.4 Å². The molecule has 3 amide bonds. The van der Waals surface area contributed by atoms with E-state index in [1.54, 1.807) is 14.0 Å². The van der Waals surface area contributed by atoms with Gasteiger partial charge >= 0.3 is 6.03 Å². The van der Waals surface area contributed by atoms with Gasteiger partial charge in [0.15, 0.2) is 5.75 Å². The van der Waals surface area contributed by atoms with E-state index in [1.807, 2.05) is 32.0 Å². The summed E-state index contributed by atoms with van der Waals surface area (Å²) < 4.78 is 12.0. The number of benzene rings is 1. The Kier molecular flexibility index (Phi) is 5.86. The van der Waals surface area contributed by atoms with Gasteiger partial charge in [0.2, 0.25) is 0 Å². The molecule has 0 bridgehead atoms. The van der Waals surface area contributed by atoms with Crippen LogP contribution in [0.2, 0.25) is 0 Å². The minimum Gasteiger partial charge on any atom is -0.497 e. The molecule has 0 saturated heterocycles. The summed E-state index contributed by atoms with van der Waals surface area (Å²) in [5, 5.41) is 3.33. The third-order valence-electron chi connectivity index (χ3n) is 3.04. The lowest BCUT2D eigenvalue weighted by atomic mass is 10.2. The van der Waals surface area contributed by atoms with E-state index in [4.69, 9.17) is 9.47 Å². The summed E-state index contributed by atoms with van der Waals surface area (Å²) >= 11 is 1.29. The lowest BCUT2D eigenvalue weighted by Crippen LogP contribution is -2.46. The van der Waals surface area contributed by atoms with Crippen molar-refractivity contribution in [2.45, 2.75) is 26.9 Å². The van der Waals surface area contributed by atoms with Crippen molar-refractivity contribution in [3.8, 4) is 11.5 Å². The largest absolute Gasteiger partial charge is 0.497 e. The Bertz CT molecular complexity index is 742. The van der Waals surface area contributed by atoms with E-state index in [-0.39, 0.29) is 6.10 Å². The lowest BCUT2D eigenvalue weighted by molar-refractivity contribution is 0.0935. The van der Waals surface area contributed by atoms with Gasteiger partial charge in [0, 0.05) is 16.6 Å². The van der Waals surface area contributed by atoms with Crippen LogP contribution in [-0.4, -0.2) is 31.7 Å². The molecule has 0 unspecified atom stereocenters. The first-order chi connectivity index (χ1) is 11.5. The third-order valence-corrected chi connectivity index (χ3v) is 4.19. The van der Waals surface area contributed by atoms with Crippen molar-refractivity contribution in [3.63, 3.8) is 0 Å². The molecule has 0 radical (unpaired) electrons. The number of rotatable bonds is 5. The van der Waals surface area contributed by atoms with Crippen molar-refractivity contribution in [2.24, 2.45) is 0 Å². The fraction of sp³-hybridized carbons (Fsp3) is 0.375. The molecule has 1 aromatic carbocycles. The van der Waals surface area contributed by atoms with Crippen molar-refractivity contribution in [1.82, 2.24) is 16.2 Å². The normalized spacial score (nSPS) is 10.5. The molecular weight excluding hydrogens is 330 g/mol. The van der Waals surface area contributed by atoms with Gasteiger partial charge in [-0.1, -0.05) is 0 Å². The number of hydrazine groups is 1. The molecule has 0 atom stereocenters. The number of amides is 3. The highest BCUT2D eigenvalue weighted by molar-refractivity contribution is 7.21. The standard InChI is InChI=1S/C16H21N3O4S/c1-5-17-16(21)19-18-15(20)14-13(23-9(2)3)11-8-10(22-4)6-7-12(11)24-14/h6-9H,5H2,1-4H3,(H,18,20)(H2,17,19,21). The highest BCUT2D eigenvalue weighted by Crippen LogP contribution is 2.40. The second kappa shape index (κ2) is 7.87. The maximum Gasteiger partial charge on any atom is 0.333 e. The molecule has 3 N–H and O–H groups in total. The minimum absolute atomic E-state index is 0.100. The molecule has 7 nitrogen and oxygen atoms in total. The minimum atomic E-state index is -0.472. The predicted molar refractivity (Wildman–Crippen MR) is 93.8 cm³/mol. The van der Waals surface area contributed by atoms with Crippen LogP contribution in [0, 0.1) is 0 Å². The number of carbonyl (C=O) groups is 2. The quantitative estimate of drug-likeness (QED) is 0.723. The third kappa shape index (κ3) is 4.08. The van der Waals surface area contributed by atoms with Crippen LogP contribution >= 0.6 is 11.3 Å². The number of nitrogens with one attached hydrogen (secondary N) is 3. The Balaban J connectivity index is 2.33. The number of ether oxygens (including phenoxy) is 2. The predicted octanol–water partition coefficient (Wildman–Crippen LogP) is 2.66. The molecule has 0 aliphatic heterocycles. The maximum absolute atomic E-state index is 12.4. The Hall–Kier alpha value is -2.48. The summed E-state index contributed by atoms with van der Waals surface area (Å²) in [7, 11) is 1.58. The molecule has 0 aliphatic carbocycles. The zero-order chi connectivity index (χ0) is 17.7. The molecule has 0 aliphatic rings. The first kappa shape index (κ1) is 17.9. The molecule has 2 rings (SSSR count). The SMILES string of the molecule is CCNC(=O)NNC(=O)c1sc2ccc(OC)cc2c1OC(C)C. The maximum atomic E-state index is 12.4. The Morgan fingerprint density at radius 1 is 1.25 bits per heavy atom. The van der Waals surface area contributed by atoms with E-state index < -0.39 is 11.9 Å². The summed E-state index contributed by atoms with van der Waals surface area (Å²) in [5.41, 5.74) is 4.69. The molecule has 24 heavy (non-hydrogen) atoms. The van der Waals surface area contributed by atoms with E-state index in [0.29, 0.717) is 22.9 Å². The number of urea groups is 1. The van der Waals surface area contributed by atoms with E-state index in [1.165, 1.54) is 11.3 Å². The number of thiophene rings is 1. The average Bonchev–Trinajstić information content (AvgIpc) is 2.90. The monoisotopic (exact) mass is 351 g/mol. The Morgan fingerprint density at radius 3 is 2.62 bits per heavy atom. The molecule has 0 saturated carbocycles. The van der Waals surface area contributed by atoms with E-state index in [2.05, 4.69) is 16.2 Å². The van der Waals surface area contributed by atoms with Crippen LogP contribution in [0.1, 0.15) is 30.4 Å². The fourth-order valence-corrected chi connectivity index (χ4v) is 3.07. The van der Waals surface area contributed by atoms with Crippen molar-refractivity contribution in [1.29, 1.82) is 0 Å². The summed E-state index contributed by atoms with van der Waals surface area (Å²) in [6.45, 7) is 6.03. The molecule has 1 aromatic heterocycles. The molecule has 0 spiro atoms. The molecule has 1 heterocycles. The first-order valence-corrected chi connectivity index (χ1v) is 8.39.